The fourth-order valence-corrected chi connectivity index (χ4v) is 1.17. The second-order valence-corrected chi connectivity index (χ2v) is 4.48. The van der Waals surface area contributed by atoms with E-state index in [0.29, 0.717) is 11.9 Å². The Bertz CT molecular complexity index is 353. The Morgan fingerprint density at radius 3 is 2.62 bits per heavy atom. The molecule has 0 aliphatic carbocycles. The van der Waals surface area contributed by atoms with Gasteiger partial charge in [0.05, 0.1) is 0 Å². The number of rotatable bonds is 1. The molecule has 1 aliphatic heterocycles. The van der Waals surface area contributed by atoms with E-state index in [9.17, 15) is 9.59 Å². The highest BCUT2D eigenvalue weighted by Gasteiger charge is 2.25. The number of nitrogens with two attached hydrogens (primary N) is 1. The van der Waals surface area contributed by atoms with Crippen LogP contribution in [0.2, 0.25) is 0 Å². The van der Waals surface area contributed by atoms with Crippen molar-refractivity contribution in [1.29, 1.82) is 0 Å². The number of aldehydes is 1. The SMILES string of the molecule is CC(C)(C)OC(=O)N1C=CC(C=O)=CC1N. The molecule has 1 heterocycles. The summed E-state index contributed by atoms with van der Waals surface area (Å²) in [6.07, 6.45) is 3.94. The predicted octanol–water partition coefficient (Wildman–Crippen LogP) is 1.16. The van der Waals surface area contributed by atoms with E-state index in [-0.39, 0.29) is 0 Å². The minimum Gasteiger partial charge on any atom is -0.443 e. The average Bonchev–Trinajstić information content (AvgIpc) is 2.14. The maximum absolute atomic E-state index is 11.7. The van der Waals surface area contributed by atoms with E-state index in [1.165, 1.54) is 23.3 Å². The lowest BCUT2D eigenvalue weighted by molar-refractivity contribution is -0.104. The Morgan fingerprint density at radius 2 is 2.19 bits per heavy atom. The zero-order valence-electron chi connectivity index (χ0n) is 9.64. The molecule has 0 bridgehead atoms. The van der Waals surface area contributed by atoms with Gasteiger partial charge in [-0.3, -0.25) is 9.69 Å². The van der Waals surface area contributed by atoms with Gasteiger partial charge in [-0.25, -0.2) is 4.79 Å². The predicted molar refractivity (Wildman–Crippen MR) is 59.3 cm³/mol. The summed E-state index contributed by atoms with van der Waals surface area (Å²) in [6.45, 7) is 5.32. The first-order valence-corrected chi connectivity index (χ1v) is 4.95. The molecule has 1 aliphatic rings. The molecule has 2 N–H and O–H groups in total. The van der Waals surface area contributed by atoms with Gasteiger partial charge < -0.3 is 10.5 Å². The van der Waals surface area contributed by atoms with Gasteiger partial charge >= 0.3 is 6.09 Å². The molecule has 0 radical (unpaired) electrons. The van der Waals surface area contributed by atoms with Gasteiger partial charge in [0, 0.05) is 11.8 Å². The number of ether oxygens (including phenoxy) is 1. The summed E-state index contributed by atoms with van der Waals surface area (Å²) in [4.78, 5) is 23.4. The van der Waals surface area contributed by atoms with Crippen molar-refractivity contribution in [2.45, 2.75) is 32.5 Å². The van der Waals surface area contributed by atoms with Crippen molar-refractivity contribution < 1.29 is 14.3 Å². The lowest BCUT2D eigenvalue weighted by atomic mass is 10.2. The van der Waals surface area contributed by atoms with Crippen LogP contribution in [-0.2, 0) is 9.53 Å². The normalized spacial score (nSPS) is 20.4. The molecule has 0 saturated heterocycles. The van der Waals surface area contributed by atoms with E-state index in [4.69, 9.17) is 10.5 Å². The van der Waals surface area contributed by atoms with E-state index in [0.717, 1.165) is 0 Å². The van der Waals surface area contributed by atoms with Gasteiger partial charge in [0.25, 0.3) is 0 Å². The van der Waals surface area contributed by atoms with Gasteiger partial charge in [-0.1, -0.05) is 0 Å². The Morgan fingerprint density at radius 1 is 1.56 bits per heavy atom. The van der Waals surface area contributed by atoms with Crippen LogP contribution in [0.4, 0.5) is 4.79 Å². The van der Waals surface area contributed by atoms with E-state index in [1.807, 2.05) is 0 Å². The summed E-state index contributed by atoms with van der Waals surface area (Å²) in [5.74, 6) is 0. The Hall–Kier alpha value is -1.62. The summed E-state index contributed by atoms with van der Waals surface area (Å²) in [7, 11) is 0. The van der Waals surface area contributed by atoms with Crippen molar-refractivity contribution in [3.63, 3.8) is 0 Å². The van der Waals surface area contributed by atoms with Crippen LogP contribution in [0.1, 0.15) is 20.8 Å². The van der Waals surface area contributed by atoms with Gasteiger partial charge in [-0.15, -0.1) is 0 Å². The van der Waals surface area contributed by atoms with Crippen LogP contribution in [0.3, 0.4) is 0 Å². The lowest BCUT2D eigenvalue weighted by Gasteiger charge is -2.29. The van der Waals surface area contributed by atoms with Gasteiger partial charge in [-0.2, -0.15) is 0 Å². The van der Waals surface area contributed by atoms with Crippen LogP contribution in [0.15, 0.2) is 23.9 Å². The van der Waals surface area contributed by atoms with Crippen LogP contribution in [-0.4, -0.2) is 29.0 Å². The van der Waals surface area contributed by atoms with Gasteiger partial charge in [0.15, 0.2) is 0 Å². The first kappa shape index (κ1) is 12.4. The molecule has 0 fully saturated rings. The highest BCUT2D eigenvalue weighted by Crippen LogP contribution is 2.15. The highest BCUT2D eigenvalue weighted by molar-refractivity contribution is 5.80. The second-order valence-electron chi connectivity index (χ2n) is 4.48. The number of hydrogen-bond donors (Lipinski definition) is 1. The molecule has 0 spiro atoms. The minimum atomic E-state index is -0.667. The Kier molecular flexibility index (Phi) is 3.49. The number of nitrogens with zero attached hydrogens (tertiary/aromatic N) is 1. The molecule has 0 aromatic rings. The summed E-state index contributed by atoms with van der Waals surface area (Å²) in [6, 6.07) is 0. The third-order valence-electron chi connectivity index (χ3n) is 1.85. The molecule has 88 valence electrons. The zero-order valence-corrected chi connectivity index (χ0v) is 9.64. The minimum absolute atomic E-state index is 0.451. The monoisotopic (exact) mass is 224 g/mol. The van der Waals surface area contributed by atoms with Crippen molar-refractivity contribution in [3.8, 4) is 0 Å². The highest BCUT2D eigenvalue weighted by atomic mass is 16.6. The second kappa shape index (κ2) is 4.49. The summed E-state index contributed by atoms with van der Waals surface area (Å²) in [5, 5.41) is 0. The van der Waals surface area contributed by atoms with Crippen molar-refractivity contribution in [1.82, 2.24) is 4.90 Å². The first-order valence-electron chi connectivity index (χ1n) is 4.95. The van der Waals surface area contributed by atoms with Crippen LogP contribution in [0.5, 0.6) is 0 Å². The largest absolute Gasteiger partial charge is 0.443 e. The molecule has 1 unspecified atom stereocenters. The molecule has 1 atom stereocenters. The van der Waals surface area contributed by atoms with Crippen molar-refractivity contribution >= 4 is 12.4 Å². The molecule has 16 heavy (non-hydrogen) atoms. The fourth-order valence-electron chi connectivity index (χ4n) is 1.17. The molecular weight excluding hydrogens is 208 g/mol. The van der Waals surface area contributed by atoms with E-state index in [1.54, 1.807) is 20.8 Å². The molecule has 0 saturated carbocycles. The topological polar surface area (TPSA) is 72.6 Å². The Labute approximate surface area is 94.5 Å². The number of carbonyl (C=O) groups excluding carboxylic acids is 2. The van der Waals surface area contributed by atoms with Crippen molar-refractivity contribution in [2.75, 3.05) is 0 Å². The van der Waals surface area contributed by atoms with Crippen LogP contribution < -0.4 is 5.73 Å². The number of hydrogen-bond acceptors (Lipinski definition) is 4. The quantitative estimate of drug-likeness (QED) is 0.678. The standard InChI is InChI=1S/C11H16N2O3/c1-11(2,3)16-10(15)13-5-4-8(7-14)6-9(13)12/h4-7,9H,12H2,1-3H3. The van der Waals surface area contributed by atoms with E-state index >= 15 is 0 Å². The number of amides is 1. The molecule has 5 heteroatoms. The van der Waals surface area contributed by atoms with Gasteiger partial charge in [0.2, 0.25) is 0 Å². The number of carbonyl (C=O) groups is 2. The smallest absolute Gasteiger partial charge is 0.415 e. The summed E-state index contributed by atoms with van der Waals surface area (Å²) in [5.41, 5.74) is 5.58. The third kappa shape index (κ3) is 3.20. The maximum atomic E-state index is 11.7. The third-order valence-corrected chi connectivity index (χ3v) is 1.85. The zero-order chi connectivity index (χ0) is 12.3. The molecular formula is C11H16N2O3. The van der Waals surface area contributed by atoms with Gasteiger partial charge in [0.1, 0.15) is 18.1 Å². The summed E-state index contributed by atoms with van der Waals surface area (Å²) >= 11 is 0. The van der Waals surface area contributed by atoms with E-state index in [2.05, 4.69) is 0 Å². The maximum Gasteiger partial charge on any atom is 0.415 e. The van der Waals surface area contributed by atoms with Crippen LogP contribution in [0.25, 0.3) is 0 Å². The molecule has 1 rings (SSSR count). The number of allylic oxidation sites excluding steroid dienone is 2. The van der Waals surface area contributed by atoms with E-state index < -0.39 is 17.9 Å². The summed E-state index contributed by atoms with van der Waals surface area (Å²) < 4.78 is 5.15. The molecule has 1 amide bonds. The first-order chi connectivity index (χ1) is 7.33. The van der Waals surface area contributed by atoms with Crippen molar-refractivity contribution in [3.05, 3.63) is 23.9 Å². The van der Waals surface area contributed by atoms with Crippen LogP contribution in [0, 0.1) is 0 Å². The van der Waals surface area contributed by atoms with Crippen molar-refractivity contribution in [2.24, 2.45) is 5.73 Å². The average molecular weight is 224 g/mol. The lowest BCUT2D eigenvalue weighted by Crippen LogP contribution is -2.45. The van der Waals surface area contributed by atoms with Gasteiger partial charge in [-0.05, 0) is 32.9 Å². The molecule has 0 aromatic carbocycles. The molecule has 0 aromatic heterocycles. The molecule has 5 nitrogen and oxygen atoms in total. The Balaban J connectivity index is 2.71. The fraction of sp³-hybridized carbons (Fsp3) is 0.455. The van der Waals surface area contributed by atoms with Crippen LogP contribution >= 0.6 is 0 Å².